The first-order valence-electron chi connectivity index (χ1n) is 10.5. The van der Waals surface area contributed by atoms with Gasteiger partial charge in [0, 0.05) is 12.8 Å². The minimum atomic E-state index is -2.42. The predicted octanol–water partition coefficient (Wildman–Crippen LogP) is 6.72. The van der Waals surface area contributed by atoms with Gasteiger partial charge in [-0.25, -0.2) is 13.2 Å². The zero-order valence-corrected chi connectivity index (χ0v) is 17.0. The molecule has 0 amide bonds. The third-order valence-corrected chi connectivity index (χ3v) is 12.4. The Hall–Kier alpha value is -0.773. The van der Waals surface area contributed by atoms with Crippen molar-refractivity contribution in [3.8, 4) is 0 Å². The molecule has 4 heteroatoms. The first-order chi connectivity index (χ1) is 12.4. The van der Waals surface area contributed by atoms with Crippen LogP contribution >= 0.6 is 0 Å². The molecule has 1 aromatic rings. The summed E-state index contributed by atoms with van der Waals surface area (Å²) in [5.41, 5.74) is 0. The van der Waals surface area contributed by atoms with Gasteiger partial charge in [-0.05, 0) is 38.0 Å². The van der Waals surface area contributed by atoms with E-state index in [-0.39, 0.29) is 12.8 Å². The molecule has 3 rings (SSSR count). The monoisotopic (exact) mass is 382 g/mol. The summed E-state index contributed by atoms with van der Waals surface area (Å²) in [7, 11) is -1.57. The summed E-state index contributed by atoms with van der Waals surface area (Å²) in [4.78, 5) is 0. The van der Waals surface area contributed by atoms with Crippen molar-refractivity contribution in [3.05, 3.63) is 30.3 Å². The number of hydrogen-bond donors (Lipinski definition) is 0. The molecule has 146 valence electrons. The number of benzene rings is 1. The fourth-order valence-corrected chi connectivity index (χ4v) is 10.6. The molecular weight excluding hydrogens is 349 g/mol. The zero-order chi connectivity index (χ0) is 18.6. The molecule has 1 heterocycles. The molecule has 26 heavy (non-hydrogen) atoms. The highest BCUT2D eigenvalue weighted by Crippen LogP contribution is 2.46. The summed E-state index contributed by atoms with van der Waals surface area (Å²) in [5, 5.41) is 1.53. The predicted molar refractivity (Wildman–Crippen MR) is 106 cm³/mol. The van der Waals surface area contributed by atoms with E-state index in [1.165, 1.54) is 36.2 Å². The van der Waals surface area contributed by atoms with Crippen LogP contribution in [0.5, 0.6) is 0 Å². The molecule has 1 saturated heterocycles. The Balaban J connectivity index is 1.63. The largest absolute Gasteiger partial charge is 0.248 e. The highest BCUT2D eigenvalue weighted by atomic mass is 28.3. The average molecular weight is 383 g/mol. The van der Waals surface area contributed by atoms with Gasteiger partial charge in [0.15, 0.2) is 0 Å². The van der Waals surface area contributed by atoms with Gasteiger partial charge in [0.05, 0.1) is 14.2 Å². The van der Waals surface area contributed by atoms with Gasteiger partial charge in [-0.15, -0.1) is 0 Å². The number of halogens is 3. The second-order valence-corrected chi connectivity index (χ2v) is 13.5. The van der Waals surface area contributed by atoms with Gasteiger partial charge in [-0.3, -0.25) is 0 Å². The van der Waals surface area contributed by atoms with Crippen molar-refractivity contribution in [3.63, 3.8) is 0 Å². The summed E-state index contributed by atoms with van der Waals surface area (Å²) in [5.74, 6) is -1.28. The van der Waals surface area contributed by atoms with Crippen LogP contribution in [0, 0.1) is 11.8 Å². The summed E-state index contributed by atoms with van der Waals surface area (Å²) < 4.78 is 40.2. The van der Waals surface area contributed by atoms with E-state index in [4.69, 9.17) is 0 Å². The molecule has 0 bridgehead atoms. The number of hydrogen-bond acceptors (Lipinski definition) is 0. The molecule has 0 radical (unpaired) electrons. The third kappa shape index (κ3) is 4.93. The molecule has 2 aliphatic rings. The Bertz CT molecular complexity index is 540. The van der Waals surface area contributed by atoms with Gasteiger partial charge >= 0.3 is 0 Å². The highest BCUT2D eigenvalue weighted by Gasteiger charge is 2.43. The van der Waals surface area contributed by atoms with Crippen LogP contribution in [0.25, 0.3) is 0 Å². The van der Waals surface area contributed by atoms with Crippen molar-refractivity contribution >= 4 is 13.3 Å². The Labute approximate surface area is 157 Å². The average Bonchev–Trinajstić information content (AvgIpc) is 2.63. The zero-order valence-electron chi connectivity index (χ0n) is 16.0. The lowest BCUT2D eigenvalue weighted by atomic mass is 9.76. The van der Waals surface area contributed by atoms with E-state index in [1.54, 1.807) is 6.92 Å². The topological polar surface area (TPSA) is 0 Å². The van der Waals surface area contributed by atoms with Gasteiger partial charge in [0.2, 0.25) is 5.92 Å². The van der Waals surface area contributed by atoms with Gasteiger partial charge in [-0.1, -0.05) is 72.9 Å². The maximum atomic E-state index is 13.5. The first kappa shape index (κ1) is 20.0. The van der Waals surface area contributed by atoms with Crippen molar-refractivity contribution in [1.82, 2.24) is 0 Å². The van der Waals surface area contributed by atoms with Crippen LogP contribution in [0.4, 0.5) is 13.2 Å². The van der Waals surface area contributed by atoms with E-state index in [0.29, 0.717) is 31.1 Å². The van der Waals surface area contributed by atoms with Crippen molar-refractivity contribution in [1.29, 1.82) is 0 Å². The summed E-state index contributed by atoms with van der Waals surface area (Å²) in [6.45, 7) is 1.66. The highest BCUT2D eigenvalue weighted by molar-refractivity contribution is 6.92. The number of alkyl halides is 3. The van der Waals surface area contributed by atoms with Crippen LogP contribution in [0.3, 0.4) is 0 Å². The Kier molecular flexibility index (Phi) is 6.53. The van der Waals surface area contributed by atoms with Crippen LogP contribution in [0.1, 0.15) is 58.3 Å². The van der Waals surface area contributed by atoms with Crippen molar-refractivity contribution in [2.45, 2.75) is 88.5 Å². The van der Waals surface area contributed by atoms with Crippen LogP contribution in [0.2, 0.25) is 18.1 Å². The molecule has 0 aromatic heterocycles. The lowest BCUT2D eigenvalue weighted by Gasteiger charge is -2.43. The molecule has 0 nitrogen and oxygen atoms in total. The quantitative estimate of drug-likeness (QED) is 0.479. The SMILES string of the molecule is CC(F)CCC[Si]1(c2ccccc2)CCC(C2CCC(F)(F)CC2)CC1. The molecule has 1 aliphatic heterocycles. The van der Waals surface area contributed by atoms with E-state index >= 15 is 0 Å². The summed E-state index contributed by atoms with van der Waals surface area (Å²) in [6, 6.07) is 14.6. The molecule has 1 aliphatic carbocycles. The molecule has 0 N–H and O–H groups in total. The normalized spacial score (nSPS) is 30.8. The lowest BCUT2D eigenvalue weighted by Crippen LogP contribution is -2.50. The number of rotatable bonds is 6. The molecule has 1 atom stereocenters. The molecule has 1 aromatic carbocycles. The minimum Gasteiger partial charge on any atom is -0.248 e. The van der Waals surface area contributed by atoms with Crippen molar-refractivity contribution in [2.24, 2.45) is 11.8 Å². The van der Waals surface area contributed by atoms with Crippen LogP contribution in [-0.4, -0.2) is 20.2 Å². The standard InChI is InChI=1S/C22H33F3Si/c1-18(23)6-5-15-26(21-7-3-2-4-8-21)16-11-20(12-17-26)19-9-13-22(24,25)14-10-19/h2-4,7-8,18-20H,5-6,9-17H2,1H3. The van der Waals surface area contributed by atoms with Crippen LogP contribution in [0.15, 0.2) is 30.3 Å². The van der Waals surface area contributed by atoms with E-state index in [0.717, 1.165) is 6.42 Å². The molecule has 1 unspecified atom stereocenters. The first-order valence-corrected chi connectivity index (χ1v) is 13.1. The lowest BCUT2D eigenvalue weighted by molar-refractivity contribution is -0.0529. The Morgan fingerprint density at radius 1 is 1.00 bits per heavy atom. The smallest absolute Gasteiger partial charge is 0.248 e. The fraction of sp³-hybridized carbons (Fsp3) is 0.727. The van der Waals surface area contributed by atoms with Gasteiger partial charge in [0.1, 0.15) is 0 Å². The Morgan fingerprint density at radius 3 is 2.15 bits per heavy atom. The van der Waals surface area contributed by atoms with Gasteiger partial charge < -0.3 is 0 Å². The second kappa shape index (κ2) is 8.49. The minimum absolute atomic E-state index is 0.0871. The van der Waals surface area contributed by atoms with E-state index in [9.17, 15) is 13.2 Å². The molecule has 0 spiro atoms. The van der Waals surface area contributed by atoms with Crippen LogP contribution < -0.4 is 5.19 Å². The Morgan fingerprint density at radius 2 is 1.58 bits per heavy atom. The maximum absolute atomic E-state index is 13.5. The third-order valence-electron chi connectivity index (χ3n) is 7.06. The van der Waals surface area contributed by atoms with Crippen molar-refractivity contribution in [2.75, 3.05) is 0 Å². The molecule has 2 fully saturated rings. The van der Waals surface area contributed by atoms with E-state index in [1.807, 2.05) is 0 Å². The second-order valence-electron chi connectivity index (χ2n) is 8.85. The van der Waals surface area contributed by atoms with E-state index in [2.05, 4.69) is 30.3 Å². The van der Waals surface area contributed by atoms with Gasteiger partial charge in [0.25, 0.3) is 0 Å². The summed E-state index contributed by atoms with van der Waals surface area (Å²) >= 11 is 0. The molecule has 1 saturated carbocycles. The summed E-state index contributed by atoms with van der Waals surface area (Å²) in [6.07, 6.45) is 4.92. The molecular formula is C22H33F3Si. The van der Waals surface area contributed by atoms with Crippen molar-refractivity contribution < 1.29 is 13.2 Å². The fourth-order valence-electron chi connectivity index (χ4n) is 5.39. The van der Waals surface area contributed by atoms with E-state index < -0.39 is 20.2 Å². The maximum Gasteiger partial charge on any atom is 0.248 e. The van der Waals surface area contributed by atoms with Crippen LogP contribution in [-0.2, 0) is 0 Å². The van der Waals surface area contributed by atoms with Gasteiger partial charge in [-0.2, -0.15) is 0 Å².